The Balaban J connectivity index is 1.61. The van der Waals surface area contributed by atoms with Crippen LogP contribution in [0.5, 0.6) is 0 Å². The number of fused-ring (bicyclic) bond motifs is 1. The molecule has 4 nitrogen and oxygen atoms in total. The Morgan fingerprint density at radius 1 is 1.18 bits per heavy atom. The largest absolute Gasteiger partial charge is 0.355 e. The summed E-state index contributed by atoms with van der Waals surface area (Å²) in [5.41, 5.74) is 1.92. The second-order valence-corrected chi connectivity index (χ2v) is 8.39. The Hall–Kier alpha value is -1.36. The van der Waals surface area contributed by atoms with Crippen molar-refractivity contribution in [1.29, 1.82) is 0 Å². The number of aromatic amines is 2. The van der Waals surface area contributed by atoms with Gasteiger partial charge in [0.1, 0.15) is 5.52 Å². The van der Waals surface area contributed by atoms with Crippen molar-refractivity contribution in [2.24, 2.45) is 23.2 Å². The average Bonchev–Trinajstić information content (AvgIpc) is 2.91. The smallest absolute Gasteiger partial charge is 0.276 e. The fraction of sp³-hybridized carbons (Fsp3) is 0.647. The van der Waals surface area contributed by atoms with Gasteiger partial charge < -0.3 is 9.55 Å². The van der Waals surface area contributed by atoms with E-state index in [9.17, 15) is 4.79 Å². The second-order valence-electron chi connectivity index (χ2n) is 8.00. The molecule has 2 heterocycles. The highest BCUT2D eigenvalue weighted by Gasteiger charge is 2.51. The van der Waals surface area contributed by atoms with Gasteiger partial charge in [0.25, 0.3) is 5.56 Å². The summed E-state index contributed by atoms with van der Waals surface area (Å²) in [5, 5.41) is 0. The zero-order chi connectivity index (χ0) is 14.9. The molecule has 4 aliphatic carbocycles. The zero-order valence-corrected chi connectivity index (χ0v) is 13.4. The molecule has 2 aromatic heterocycles. The van der Waals surface area contributed by atoms with Crippen LogP contribution in [0.2, 0.25) is 0 Å². The fourth-order valence-electron chi connectivity index (χ4n) is 6.08. The van der Waals surface area contributed by atoms with Gasteiger partial charge in [0.15, 0.2) is 4.77 Å². The molecule has 0 aliphatic heterocycles. The van der Waals surface area contributed by atoms with Crippen molar-refractivity contribution in [2.75, 3.05) is 0 Å². The van der Waals surface area contributed by atoms with Crippen LogP contribution in [0.3, 0.4) is 0 Å². The number of hydrogen-bond acceptors (Lipinski definition) is 2. The fourth-order valence-corrected chi connectivity index (χ4v) is 6.34. The molecule has 0 amide bonds. The highest BCUT2D eigenvalue weighted by molar-refractivity contribution is 7.71. The number of rotatable bonds is 2. The monoisotopic (exact) mass is 315 g/mol. The first-order chi connectivity index (χ1) is 10.6. The minimum atomic E-state index is -0.105. The van der Waals surface area contributed by atoms with Crippen LogP contribution in [0.1, 0.15) is 38.5 Å². The van der Waals surface area contributed by atoms with Crippen LogP contribution < -0.4 is 5.56 Å². The maximum absolute atomic E-state index is 12.0. The molecule has 22 heavy (non-hydrogen) atoms. The molecule has 2 aromatic rings. The lowest BCUT2D eigenvalue weighted by molar-refractivity contribution is -0.0616. The summed E-state index contributed by atoms with van der Waals surface area (Å²) in [7, 11) is 0. The van der Waals surface area contributed by atoms with Gasteiger partial charge in [-0.2, -0.15) is 0 Å². The number of nitrogens with one attached hydrogen (secondary N) is 2. The van der Waals surface area contributed by atoms with Gasteiger partial charge >= 0.3 is 0 Å². The normalized spacial score (nSPS) is 36.3. The van der Waals surface area contributed by atoms with E-state index in [1.165, 1.54) is 38.5 Å². The predicted octanol–water partition coefficient (Wildman–Crippen LogP) is 3.60. The molecular formula is C17H21N3OS. The molecule has 4 saturated carbocycles. The van der Waals surface area contributed by atoms with Crippen molar-refractivity contribution in [3.63, 3.8) is 0 Å². The Labute approximate surface area is 133 Å². The topological polar surface area (TPSA) is 53.6 Å². The molecular weight excluding hydrogens is 294 g/mol. The van der Waals surface area contributed by atoms with E-state index in [-0.39, 0.29) is 5.56 Å². The van der Waals surface area contributed by atoms with Crippen molar-refractivity contribution in [3.05, 3.63) is 27.4 Å². The summed E-state index contributed by atoms with van der Waals surface area (Å²) in [6, 6.07) is 1.99. The molecule has 0 saturated heterocycles. The van der Waals surface area contributed by atoms with Crippen molar-refractivity contribution in [1.82, 2.24) is 14.5 Å². The van der Waals surface area contributed by atoms with Crippen molar-refractivity contribution in [3.8, 4) is 0 Å². The molecule has 6 rings (SSSR count). The first-order valence-electron chi connectivity index (χ1n) is 8.42. The molecule has 0 atom stereocenters. The Kier molecular flexibility index (Phi) is 2.59. The summed E-state index contributed by atoms with van der Waals surface area (Å²) in [6.07, 6.45) is 10.3. The van der Waals surface area contributed by atoms with Crippen LogP contribution in [-0.2, 0) is 6.54 Å². The number of H-pyrrole nitrogens is 2. The molecule has 116 valence electrons. The van der Waals surface area contributed by atoms with Crippen molar-refractivity contribution in [2.45, 2.75) is 45.1 Å². The summed E-state index contributed by atoms with van der Waals surface area (Å²) in [5.74, 6) is 2.81. The van der Waals surface area contributed by atoms with E-state index in [0.717, 1.165) is 29.8 Å². The number of nitrogens with zero attached hydrogens (tertiary/aromatic N) is 1. The van der Waals surface area contributed by atoms with Gasteiger partial charge in [-0.15, -0.1) is 0 Å². The first-order valence-corrected chi connectivity index (χ1v) is 8.83. The standard InChI is InChI=1S/C17H21N3OS/c21-15-14-13(1-2-18-14)20(16(22)19-15)9-17-6-10-3-11(7-17)5-12(4-10)8-17/h1-2,10-12,18H,3-9H2,(H,19,21,22). The van der Waals surface area contributed by atoms with E-state index < -0.39 is 0 Å². The highest BCUT2D eigenvalue weighted by Crippen LogP contribution is 2.60. The van der Waals surface area contributed by atoms with Crippen LogP contribution in [0.25, 0.3) is 11.0 Å². The summed E-state index contributed by atoms with van der Waals surface area (Å²) in [6.45, 7) is 0.973. The average molecular weight is 315 g/mol. The molecule has 0 radical (unpaired) electrons. The van der Waals surface area contributed by atoms with E-state index in [4.69, 9.17) is 12.2 Å². The van der Waals surface area contributed by atoms with E-state index in [1.807, 2.05) is 12.3 Å². The molecule has 0 aromatic carbocycles. The molecule has 2 N–H and O–H groups in total. The van der Waals surface area contributed by atoms with Crippen LogP contribution in [-0.4, -0.2) is 14.5 Å². The first kappa shape index (κ1) is 13.1. The molecule has 0 unspecified atom stereocenters. The van der Waals surface area contributed by atoms with Gasteiger partial charge in [-0.05, 0) is 80.0 Å². The quantitative estimate of drug-likeness (QED) is 0.832. The van der Waals surface area contributed by atoms with Gasteiger partial charge in [-0.25, -0.2) is 0 Å². The molecule has 4 fully saturated rings. The lowest BCUT2D eigenvalue weighted by Gasteiger charge is -2.57. The van der Waals surface area contributed by atoms with Crippen LogP contribution in [0.15, 0.2) is 17.1 Å². The molecule has 0 spiro atoms. The van der Waals surface area contributed by atoms with Gasteiger partial charge in [0.05, 0.1) is 5.52 Å². The Morgan fingerprint density at radius 2 is 1.82 bits per heavy atom. The zero-order valence-electron chi connectivity index (χ0n) is 12.6. The minimum absolute atomic E-state index is 0.105. The maximum atomic E-state index is 12.0. The van der Waals surface area contributed by atoms with E-state index >= 15 is 0 Å². The van der Waals surface area contributed by atoms with Crippen molar-refractivity contribution >= 4 is 23.3 Å². The van der Waals surface area contributed by atoms with Gasteiger partial charge in [-0.3, -0.25) is 9.78 Å². The number of hydrogen-bond donors (Lipinski definition) is 2. The van der Waals surface area contributed by atoms with Gasteiger partial charge in [-0.1, -0.05) is 0 Å². The summed E-state index contributed by atoms with van der Waals surface area (Å²) in [4.78, 5) is 17.9. The van der Waals surface area contributed by atoms with E-state index in [2.05, 4.69) is 14.5 Å². The van der Waals surface area contributed by atoms with E-state index in [1.54, 1.807) is 0 Å². The highest BCUT2D eigenvalue weighted by atomic mass is 32.1. The minimum Gasteiger partial charge on any atom is -0.355 e. The predicted molar refractivity (Wildman–Crippen MR) is 88.3 cm³/mol. The van der Waals surface area contributed by atoms with E-state index in [0.29, 0.717) is 15.7 Å². The van der Waals surface area contributed by atoms with Crippen LogP contribution in [0, 0.1) is 27.9 Å². The van der Waals surface area contributed by atoms with Crippen molar-refractivity contribution < 1.29 is 0 Å². The van der Waals surface area contributed by atoms with Crippen LogP contribution in [0.4, 0.5) is 0 Å². The van der Waals surface area contributed by atoms with Gasteiger partial charge in [0.2, 0.25) is 0 Å². The third-order valence-electron chi connectivity index (χ3n) is 6.37. The SMILES string of the molecule is O=c1[nH]c(=S)n(CC23CC4CC(CC(C4)C2)C3)c2cc[nH]c12. The Bertz CT molecular complexity index is 823. The Morgan fingerprint density at radius 3 is 2.45 bits per heavy atom. The number of aromatic nitrogens is 3. The van der Waals surface area contributed by atoms with Crippen LogP contribution >= 0.6 is 12.2 Å². The summed E-state index contributed by atoms with van der Waals surface area (Å²) >= 11 is 5.48. The lowest BCUT2D eigenvalue weighted by atomic mass is 9.49. The third kappa shape index (κ3) is 1.81. The lowest BCUT2D eigenvalue weighted by Crippen LogP contribution is -2.48. The molecule has 4 aliphatic rings. The third-order valence-corrected chi connectivity index (χ3v) is 6.69. The molecule has 4 bridgehead atoms. The maximum Gasteiger partial charge on any atom is 0.276 e. The summed E-state index contributed by atoms with van der Waals surface area (Å²) < 4.78 is 2.75. The second kappa shape index (κ2) is 4.34. The molecule has 5 heteroatoms. The van der Waals surface area contributed by atoms with Gasteiger partial charge in [0, 0.05) is 12.7 Å².